The molecule has 0 N–H and O–H groups in total. The molecule has 2 heteroatoms. The third-order valence-electron chi connectivity index (χ3n) is 7.72. The van der Waals surface area contributed by atoms with Crippen molar-refractivity contribution >= 4 is 23.6 Å². The first kappa shape index (κ1) is 20.0. The monoisotopic (exact) mass is 470 g/mol. The van der Waals surface area contributed by atoms with Crippen molar-refractivity contribution in [2.45, 2.75) is 11.1 Å². The number of benzene rings is 5. The van der Waals surface area contributed by atoms with Crippen molar-refractivity contribution in [3.63, 3.8) is 0 Å². The van der Waals surface area contributed by atoms with E-state index in [2.05, 4.69) is 127 Å². The highest BCUT2D eigenvalue weighted by Crippen LogP contribution is 2.58. The molecule has 0 fully saturated rings. The maximum absolute atomic E-state index is 8.33. The predicted molar refractivity (Wildman–Crippen MR) is 145 cm³/mol. The second kappa shape index (κ2) is 7.56. The maximum atomic E-state index is 8.33. The van der Waals surface area contributed by atoms with Crippen molar-refractivity contribution in [1.29, 1.82) is 0 Å². The summed E-state index contributed by atoms with van der Waals surface area (Å²) < 4.78 is 0. The Morgan fingerprint density at radius 1 is 0.382 bits per heavy atom. The molecule has 0 unspecified atom stereocenters. The quantitative estimate of drug-likeness (QED) is 0.186. The van der Waals surface area contributed by atoms with Crippen LogP contribution in [0, 0.1) is 0 Å². The summed E-state index contributed by atoms with van der Waals surface area (Å²) in [4.78, 5) is 0. The Bertz CT molecular complexity index is 1350. The molecule has 7 rings (SSSR count). The smallest absolute Gasteiger partial charge is 0.159 e. The molecule has 0 saturated carbocycles. The van der Waals surface area contributed by atoms with Gasteiger partial charge < -0.3 is 0 Å². The van der Waals surface area contributed by atoms with Gasteiger partial charge in [-0.25, -0.2) is 0 Å². The predicted octanol–water partition coefficient (Wildman–Crippen LogP) is 7.78. The van der Waals surface area contributed by atoms with Crippen LogP contribution < -0.4 is 5.19 Å². The van der Waals surface area contributed by atoms with Crippen LogP contribution in [0.25, 0.3) is 22.3 Å². The number of halogens is 1. The first-order valence-electron chi connectivity index (χ1n) is 11.9. The molecule has 5 aromatic carbocycles. The Balaban J connectivity index is 1.58. The zero-order valence-electron chi connectivity index (χ0n) is 18.7. The van der Waals surface area contributed by atoms with Gasteiger partial charge in [0.1, 0.15) is 0 Å². The lowest BCUT2D eigenvalue weighted by atomic mass is 10.1. The lowest BCUT2D eigenvalue weighted by Crippen LogP contribution is -2.53. The fourth-order valence-corrected chi connectivity index (χ4v) is 12.7. The van der Waals surface area contributed by atoms with Crippen LogP contribution in [0.3, 0.4) is 0 Å². The summed E-state index contributed by atoms with van der Waals surface area (Å²) >= 11 is 8.33. The summed E-state index contributed by atoms with van der Waals surface area (Å²) in [6.07, 6.45) is 0. The molecule has 162 valence electrons. The number of rotatable bonds is 3. The Kier molecular flexibility index (Phi) is 4.45. The van der Waals surface area contributed by atoms with Crippen LogP contribution in [0.4, 0.5) is 0 Å². The molecule has 0 saturated heterocycles. The van der Waals surface area contributed by atoms with E-state index in [4.69, 9.17) is 11.1 Å². The van der Waals surface area contributed by atoms with Gasteiger partial charge in [0.05, 0.1) is 0 Å². The lowest BCUT2D eigenvalue weighted by molar-refractivity contribution is 1.05. The van der Waals surface area contributed by atoms with Gasteiger partial charge in [-0.05, 0) is 49.7 Å². The zero-order chi connectivity index (χ0) is 22.7. The van der Waals surface area contributed by atoms with Gasteiger partial charge in [0.15, 0.2) is 0 Å². The van der Waals surface area contributed by atoms with Crippen LogP contribution in [-0.4, -0.2) is 7.38 Å². The maximum Gasteiger partial charge on any atom is 0.210 e. The van der Waals surface area contributed by atoms with E-state index in [1.54, 1.807) is 0 Å². The summed E-state index contributed by atoms with van der Waals surface area (Å²) in [5, 5.41) is 1.30. The average Bonchev–Trinajstić information content (AvgIpc) is 3.43. The SMILES string of the molecule is Cl[Si](c1ccccc1)(C1c2ccccc2-c2ccccc21)C1c2ccccc2-c2ccccc21. The highest BCUT2D eigenvalue weighted by molar-refractivity contribution is 7.29. The molecular weight excluding hydrogens is 448 g/mol. The second-order valence-corrected chi connectivity index (χ2v) is 14.5. The molecule has 0 amide bonds. The summed E-state index contributed by atoms with van der Waals surface area (Å²) in [7, 11) is -2.79. The van der Waals surface area contributed by atoms with Gasteiger partial charge in [0.2, 0.25) is 7.38 Å². The van der Waals surface area contributed by atoms with Crippen molar-refractivity contribution in [3.05, 3.63) is 150 Å². The molecule has 0 atom stereocenters. The number of hydrogen-bond donors (Lipinski definition) is 0. The van der Waals surface area contributed by atoms with Gasteiger partial charge in [-0.3, -0.25) is 0 Å². The first-order chi connectivity index (χ1) is 16.8. The fourth-order valence-electron chi connectivity index (χ4n) is 6.41. The molecule has 0 bridgehead atoms. The van der Waals surface area contributed by atoms with Gasteiger partial charge in [0, 0.05) is 11.1 Å². The van der Waals surface area contributed by atoms with Crippen LogP contribution in [-0.2, 0) is 0 Å². The number of fused-ring (bicyclic) bond motifs is 6. The summed E-state index contributed by atoms with van der Waals surface area (Å²) in [5.74, 6) is 0. The second-order valence-electron chi connectivity index (χ2n) is 9.35. The molecule has 0 radical (unpaired) electrons. The molecule has 2 aliphatic rings. The van der Waals surface area contributed by atoms with E-state index in [-0.39, 0.29) is 11.1 Å². The fraction of sp³-hybridized carbons (Fsp3) is 0.0625. The summed E-state index contributed by atoms with van der Waals surface area (Å²) in [5.41, 5.74) is 11.1. The van der Waals surface area contributed by atoms with Gasteiger partial charge >= 0.3 is 0 Å². The van der Waals surface area contributed by atoms with Crippen LogP contribution in [0.15, 0.2) is 127 Å². The lowest BCUT2D eigenvalue weighted by Gasteiger charge is -2.39. The first-order valence-corrected chi connectivity index (χ1v) is 15.1. The molecule has 5 aromatic rings. The van der Waals surface area contributed by atoms with Gasteiger partial charge in [-0.2, -0.15) is 11.1 Å². The Labute approximate surface area is 206 Å². The van der Waals surface area contributed by atoms with Crippen molar-refractivity contribution in [3.8, 4) is 22.3 Å². The van der Waals surface area contributed by atoms with Crippen LogP contribution in [0.1, 0.15) is 33.3 Å². The topological polar surface area (TPSA) is 0 Å². The largest absolute Gasteiger partial charge is 0.210 e. The summed E-state index contributed by atoms with van der Waals surface area (Å²) in [6.45, 7) is 0. The molecule has 0 nitrogen and oxygen atoms in total. The van der Waals surface area contributed by atoms with Gasteiger partial charge in [-0.15, -0.1) is 0 Å². The Morgan fingerprint density at radius 2 is 0.676 bits per heavy atom. The van der Waals surface area contributed by atoms with Crippen molar-refractivity contribution in [2.24, 2.45) is 0 Å². The minimum Gasteiger partial charge on any atom is -0.159 e. The Hall–Kier alpha value is -3.39. The third kappa shape index (κ3) is 2.66. The number of hydrogen-bond acceptors (Lipinski definition) is 0. The highest BCUT2D eigenvalue weighted by atomic mass is 35.6. The standard InChI is InChI=1S/C32H23ClSi/c33-34(22-12-2-1-3-13-22,31-27-18-8-4-14-23(27)24-15-5-9-19-28(24)31)32-29-20-10-6-16-25(29)26-17-7-11-21-30(26)32/h1-21,31-32H. The van der Waals surface area contributed by atoms with Crippen LogP contribution in [0.5, 0.6) is 0 Å². The normalized spacial score (nSPS) is 14.4. The van der Waals surface area contributed by atoms with E-state index in [0.717, 1.165) is 0 Å². The molecule has 0 aliphatic heterocycles. The minimum atomic E-state index is -2.79. The van der Waals surface area contributed by atoms with Crippen LogP contribution >= 0.6 is 11.1 Å². The van der Waals surface area contributed by atoms with E-state index in [0.29, 0.717) is 0 Å². The van der Waals surface area contributed by atoms with E-state index in [1.807, 2.05) is 0 Å². The molecule has 2 aliphatic carbocycles. The van der Waals surface area contributed by atoms with E-state index in [1.165, 1.54) is 49.7 Å². The van der Waals surface area contributed by atoms with E-state index >= 15 is 0 Å². The van der Waals surface area contributed by atoms with Crippen molar-refractivity contribution in [1.82, 2.24) is 0 Å². The molecule has 34 heavy (non-hydrogen) atoms. The van der Waals surface area contributed by atoms with Gasteiger partial charge in [0.25, 0.3) is 0 Å². The van der Waals surface area contributed by atoms with Gasteiger partial charge in [-0.1, -0.05) is 127 Å². The van der Waals surface area contributed by atoms with Crippen molar-refractivity contribution < 1.29 is 0 Å². The highest BCUT2D eigenvalue weighted by Gasteiger charge is 2.56. The van der Waals surface area contributed by atoms with E-state index in [9.17, 15) is 0 Å². The van der Waals surface area contributed by atoms with E-state index < -0.39 is 7.38 Å². The minimum absolute atomic E-state index is 0.160. The molecule has 0 aromatic heterocycles. The Morgan fingerprint density at radius 3 is 1.03 bits per heavy atom. The molecule has 0 spiro atoms. The third-order valence-corrected chi connectivity index (χ3v) is 13.8. The molecule has 0 heterocycles. The molecular formula is C32H23ClSi. The zero-order valence-corrected chi connectivity index (χ0v) is 20.4. The van der Waals surface area contributed by atoms with Crippen LogP contribution in [0.2, 0.25) is 0 Å². The van der Waals surface area contributed by atoms with Crippen molar-refractivity contribution in [2.75, 3.05) is 0 Å². The average molecular weight is 471 g/mol. The summed E-state index contributed by atoms with van der Waals surface area (Å²) in [6, 6.07) is 46.5.